The van der Waals surface area contributed by atoms with E-state index in [9.17, 15) is 18.8 Å². The molecule has 1 aromatic carbocycles. The zero-order chi connectivity index (χ0) is 18.7. The molecule has 0 spiro atoms. The number of nitrogens with one attached hydrogen (secondary N) is 1. The monoisotopic (exact) mass is 360 g/mol. The van der Waals surface area contributed by atoms with Crippen molar-refractivity contribution in [3.8, 4) is 11.8 Å². The first-order chi connectivity index (χ1) is 12.5. The lowest BCUT2D eigenvalue weighted by Gasteiger charge is -2.34. The molecular formula is C18H18F2N4O2. The number of alkyl halides is 2. The Kier molecular flexibility index (Phi) is 5.16. The van der Waals surface area contributed by atoms with Crippen LogP contribution in [0.5, 0.6) is 5.75 Å². The summed E-state index contributed by atoms with van der Waals surface area (Å²) in [5, 5.41) is 13.0. The van der Waals surface area contributed by atoms with Gasteiger partial charge in [-0.2, -0.15) is 14.0 Å². The standard InChI is InChI=1S/C18H18F2N4O2/c1-11(25)23-13-4-6-24(7-5-13)17-12(9-21)10-22-16-3-2-14(8-15(16)17)26-18(19)20/h2-3,8,10,13,18H,4-7H2,1H3,(H,23,25). The normalized spacial score (nSPS) is 15.1. The zero-order valence-electron chi connectivity index (χ0n) is 14.2. The SMILES string of the molecule is CC(=O)NC1CCN(c2c(C#N)cnc3ccc(OC(F)F)cc23)CC1. The number of hydrogen-bond donors (Lipinski definition) is 1. The third kappa shape index (κ3) is 3.82. The van der Waals surface area contributed by atoms with Crippen LogP contribution >= 0.6 is 0 Å². The van der Waals surface area contributed by atoms with E-state index in [0.717, 1.165) is 12.8 Å². The Labute approximate surface area is 149 Å². The highest BCUT2D eigenvalue weighted by Gasteiger charge is 2.24. The first-order valence-electron chi connectivity index (χ1n) is 8.27. The number of nitriles is 1. The number of fused-ring (bicyclic) bond motifs is 1. The number of halogens is 2. The molecule has 1 aliphatic rings. The third-order valence-electron chi connectivity index (χ3n) is 4.38. The van der Waals surface area contributed by atoms with Crippen molar-refractivity contribution < 1.29 is 18.3 Å². The number of rotatable bonds is 4. The highest BCUT2D eigenvalue weighted by atomic mass is 19.3. The Morgan fingerprint density at radius 3 is 2.77 bits per heavy atom. The van der Waals surface area contributed by atoms with Crippen molar-refractivity contribution >= 4 is 22.5 Å². The van der Waals surface area contributed by atoms with Crippen molar-refractivity contribution in [1.29, 1.82) is 5.26 Å². The van der Waals surface area contributed by atoms with Crippen LogP contribution in [0, 0.1) is 11.3 Å². The maximum Gasteiger partial charge on any atom is 0.387 e. The number of aromatic nitrogens is 1. The molecule has 0 aliphatic carbocycles. The summed E-state index contributed by atoms with van der Waals surface area (Å²) in [5.41, 5.74) is 1.65. The van der Waals surface area contributed by atoms with Gasteiger partial charge in [-0.3, -0.25) is 9.78 Å². The van der Waals surface area contributed by atoms with Crippen LogP contribution in [0.1, 0.15) is 25.3 Å². The van der Waals surface area contributed by atoms with E-state index in [0.29, 0.717) is 35.2 Å². The molecule has 0 unspecified atom stereocenters. The number of carbonyl (C=O) groups excluding carboxylic acids is 1. The van der Waals surface area contributed by atoms with Gasteiger partial charge in [0, 0.05) is 37.6 Å². The molecule has 6 nitrogen and oxygen atoms in total. The molecule has 1 amide bonds. The fourth-order valence-corrected chi connectivity index (χ4v) is 3.29. The van der Waals surface area contributed by atoms with E-state index in [1.807, 2.05) is 4.90 Å². The van der Waals surface area contributed by atoms with Gasteiger partial charge in [0.2, 0.25) is 5.91 Å². The first-order valence-corrected chi connectivity index (χ1v) is 8.27. The summed E-state index contributed by atoms with van der Waals surface area (Å²) in [6.45, 7) is -0.158. The maximum atomic E-state index is 12.5. The predicted octanol–water partition coefficient (Wildman–Crippen LogP) is 2.81. The van der Waals surface area contributed by atoms with Crippen molar-refractivity contribution in [2.24, 2.45) is 0 Å². The number of piperidine rings is 1. The van der Waals surface area contributed by atoms with E-state index in [-0.39, 0.29) is 17.7 Å². The first kappa shape index (κ1) is 17.9. The number of anilines is 1. The number of benzene rings is 1. The lowest BCUT2D eigenvalue weighted by molar-refractivity contribution is -0.119. The Morgan fingerprint density at radius 2 is 2.15 bits per heavy atom. The van der Waals surface area contributed by atoms with Crippen LogP contribution in [0.4, 0.5) is 14.5 Å². The Morgan fingerprint density at radius 1 is 1.42 bits per heavy atom. The highest BCUT2D eigenvalue weighted by molar-refractivity contribution is 5.95. The molecule has 136 valence electrons. The quantitative estimate of drug-likeness (QED) is 0.907. The Hall–Kier alpha value is -2.95. The molecule has 8 heteroatoms. The molecule has 0 radical (unpaired) electrons. The van der Waals surface area contributed by atoms with Crippen LogP contribution in [0.15, 0.2) is 24.4 Å². The van der Waals surface area contributed by atoms with E-state index in [1.54, 1.807) is 6.07 Å². The second kappa shape index (κ2) is 7.52. The van der Waals surface area contributed by atoms with E-state index in [4.69, 9.17) is 0 Å². The fourth-order valence-electron chi connectivity index (χ4n) is 3.29. The fraction of sp³-hybridized carbons (Fsp3) is 0.389. The van der Waals surface area contributed by atoms with Crippen LogP contribution < -0.4 is 15.0 Å². The molecule has 26 heavy (non-hydrogen) atoms. The number of ether oxygens (including phenoxy) is 1. The van der Waals surface area contributed by atoms with Crippen molar-refractivity contribution in [3.05, 3.63) is 30.0 Å². The summed E-state index contributed by atoms with van der Waals surface area (Å²) in [6, 6.07) is 6.74. The second-order valence-corrected chi connectivity index (χ2v) is 6.15. The van der Waals surface area contributed by atoms with Gasteiger partial charge in [-0.05, 0) is 31.0 Å². The van der Waals surface area contributed by atoms with E-state index in [2.05, 4.69) is 21.1 Å². The smallest absolute Gasteiger partial charge is 0.387 e. The number of pyridine rings is 1. The molecular weight excluding hydrogens is 342 g/mol. The number of carbonyl (C=O) groups is 1. The predicted molar refractivity (Wildman–Crippen MR) is 92.1 cm³/mol. The average molecular weight is 360 g/mol. The van der Waals surface area contributed by atoms with Crippen molar-refractivity contribution in [3.63, 3.8) is 0 Å². The molecule has 2 heterocycles. The van der Waals surface area contributed by atoms with Crippen LogP contribution in [0.3, 0.4) is 0 Å². The van der Waals surface area contributed by atoms with Gasteiger partial charge in [0.1, 0.15) is 11.8 Å². The molecule has 0 atom stereocenters. The zero-order valence-corrected chi connectivity index (χ0v) is 14.2. The minimum atomic E-state index is -2.92. The van der Waals surface area contributed by atoms with Gasteiger partial charge < -0.3 is 15.0 Å². The van der Waals surface area contributed by atoms with E-state index >= 15 is 0 Å². The molecule has 1 saturated heterocycles. The summed E-state index contributed by atoms with van der Waals surface area (Å²) in [7, 11) is 0. The maximum absolute atomic E-state index is 12.5. The van der Waals surface area contributed by atoms with Crippen molar-refractivity contribution in [2.45, 2.75) is 32.4 Å². The topological polar surface area (TPSA) is 78.3 Å². The number of nitrogens with zero attached hydrogens (tertiary/aromatic N) is 3. The summed E-state index contributed by atoms with van der Waals surface area (Å²) in [5.74, 6) is -0.0388. The van der Waals surface area contributed by atoms with Crippen molar-refractivity contribution in [1.82, 2.24) is 10.3 Å². The van der Waals surface area contributed by atoms with Crippen LogP contribution in [-0.4, -0.2) is 36.6 Å². The highest BCUT2D eigenvalue weighted by Crippen LogP contribution is 2.34. The van der Waals surface area contributed by atoms with Gasteiger partial charge in [-0.1, -0.05) is 0 Å². The number of hydrogen-bond acceptors (Lipinski definition) is 5. The second-order valence-electron chi connectivity index (χ2n) is 6.15. The minimum absolute atomic E-state index is 0.0266. The largest absolute Gasteiger partial charge is 0.435 e. The summed E-state index contributed by atoms with van der Waals surface area (Å²) < 4.78 is 29.6. The average Bonchev–Trinajstić information content (AvgIpc) is 2.60. The molecule has 1 aromatic heterocycles. The summed E-state index contributed by atoms with van der Waals surface area (Å²) in [4.78, 5) is 17.5. The van der Waals surface area contributed by atoms with Crippen LogP contribution in [-0.2, 0) is 4.79 Å². The van der Waals surface area contributed by atoms with Gasteiger partial charge in [0.15, 0.2) is 0 Å². The Bertz CT molecular complexity index is 858. The van der Waals surface area contributed by atoms with Gasteiger partial charge in [0.05, 0.1) is 16.8 Å². The lowest BCUT2D eigenvalue weighted by atomic mass is 10.0. The molecule has 2 aromatic rings. The molecule has 1 N–H and O–H groups in total. The van der Waals surface area contributed by atoms with Crippen LogP contribution in [0.2, 0.25) is 0 Å². The minimum Gasteiger partial charge on any atom is -0.435 e. The molecule has 1 aliphatic heterocycles. The molecule has 0 saturated carbocycles. The van der Waals surface area contributed by atoms with Gasteiger partial charge in [-0.25, -0.2) is 0 Å². The van der Waals surface area contributed by atoms with Gasteiger partial charge in [0.25, 0.3) is 0 Å². The van der Waals surface area contributed by atoms with Gasteiger partial charge in [-0.15, -0.1) is 0 Å². The van der Waals surface area contributed by atoms with Crippen molar-refractivity contribution in [2.75, 3.05) is 18.0 Å². The van der Waals surface area contributed by atoms with E-state index < -0.39 is 6.61 Å². The van der Waals surface area contributed by atoms with Crippen LogP contribution in [0.25, 0.3) is 10.9 Å². The third-order valence-corrected chi connectivity index (χ3v) is 4.38. The molecule has 1 fully saturated rings. The summed E-state index contributed by atoms with van der Waals surface area (Å²) in [6.07, 6.45) is 2.97. The lowest BCUT2D eigenvalue weighted by Crippen LogP contribution is -2.44. The van der Waals surface area contributed by atoms with Gasteiger partial charge >= 0.3 is 6.61 Å². The molecule has 3 rings (SSSR count). The summed E-state index contributed by atoms with van der Waals surface area (Å²) >= 11 is 0. The molecule has 0 bridgehead atoms. The van der Waals surface area contributed by atoms with E-state index in [1.165, 1.54) is 25.3 Å². The Balaban J connectivity index is 1.95. The number of amides is 1.